The molecule has 0 aliphatic carbocycles. The average molecular weight is 1290 g/mol. The Morgan fingerprint density at radius 1 is 0.190 bits per heavy atom. The van der Waals surface area contributed by atoms with Crippen LogP contribution in [0.5, 0.6) is 0 Å². The van der Waals surface area contributed by atoms with Crippen molar-refractivity contribution < 1.29 is 23.3 Å². The summed E-state index contributed by atoms with van der Waals surface area (Å²) in [6.07, 6.45) is 0. The van der Waals surface area contributed by atoms with Crippen LogP contribution in [0.2, 0.25) is 0 Å². The summed E-state index contributed by atoms with van der Waals surface area (Å²) in [4.78, 5) is 3.10. The maximum atomic E-state index is 9.83. The van der Waals surface area contributed by atoms with Gasteiger partial charge in [0.1, 0.15) is 0 Å². The molecule has 16 aromatic carbocycles. The summed E-state index contributed by atoms with van der Waals surface area (Å²) in [6, 6.07) is 91.6. The first-order chi connectivity index (χ1) is 56.7. The maximum absolute atomic E-state index is 9.83. The summed E-state index contributed by atoms with van der Waals surface area (Å²) < 4.78 is 158. The molecule has 0 radical (unpaired) electrons. The van der Waals surface area contributed by atoms with Gasteiger partial charge in [0.25, 0.3) is 0 Å². The van der Waals surface area contributed by atoms with Crippen LogP contribution in [0.25, 0.3) is 122 Å². The normalized spacial score (nSPS) is 13.6. The van der Waals surface area contributed by atoms with Gasteiger partial charge in [-0.25, -0.2) is 0 Å². The van der Waals surface area contributed by atoms with E-state index in [2.05, 4.69) is 57.7 Å². The number of nitrogens with zero attached hydrogens (tertiary/aromatic N) is 4. The monoisotopic (exact) mass is 1290 g/mol. The maximum Gasteiger partial charge on any atom is 0.0651 e. The molecule has 4 heteroatoms. The van der Waals surface area contributed by atoms with Gasteiger partial charge in [0.05, 0.1) is 45.4 Å². The zero-order valence-electron chi connectivity index (χ0n) is 70.7. The molecular weight excluding hydrogens is 1210 g/mol. The molecule has 472 valence electrons. The standard InChI is InChI=1S/2C48H34N2/c2*1-4-13-35(14-5-1)37-23-28-42(29-24-37)49(43-30-25-38(26-31-43)36-15-6-2-7-16-36)44-20-12-17-39(33-44)40-27-32-48-46(34-40)45-21-10-11-22-47(45)50(48)41-18-8-3-9-19-41/h2*1-34H/i1D,4D,5D,12D,13D,14D,17D,20D,23D,24D,28D,29D,33D;12D,17D,20D,33D. The second-order valence-electron chi connectivity index (χ2n) is 23.9. The first kappa shape index (κ1) is 44.5. The molecule has 0 N–H and O–H groups in total. The van der Waals surface area contributed by atoms with Crippen LogP contribution in [0.1, 0.15) is 23.3 Å². The predicted molar refractivity (Wildman–Crippen MR) is 424 cm³/mol. The van der Waals surface area contributed by atoms with Crippen LogP contribution in [0.3, 0.4) is 0 Å². The van der Waals surface area contributed by atoms with Crippen molar-refractivity contribution in [2.45, 2.75) is 0 Å². The van der Waals surface area contributed by atoms with Gasteiger partial charge in [0, 0.05) is 67.0 Å². The van der Waals surface area contributed by atoms with Crippen LogP contribution < -0.4 is 9.80 Å². The fraction of sp³-hybridized carbons (Fsp3) is 0. The molecule has 0 aliphatic heterocycles. The van der Waals surface area contributed by atoms with Crippen LogP contribution in [-0.2, 0) is 0 Å². The molecule has 0 amide bonds. The van der Waals surface area contributed by atoms with Crippen molar-refractivity contribution in [2.75, 3.05) is 9.80 Å². The highest BCUT2D eigenvalue weighted by atomic mass is 15.1. The third-order valence-electron chi connectivity index (χ3n) is 17.9. The second-order valence-corrected chi connectivity index (χ2v) is 23.9. The predicted octanol–water partition coefficient (Wildman–Crippen LogP) is 26.5. The largest absolute Gasteiger partial charge is 0.310 e. The van der Waals surface area contributed by atoms with Crippen molar-refractivity contribution in [1.82, 2.24) is 9.13 Å². The molecule has 0 fully saturated rings. The molecule has 0 bridgehead atoms. The molecule has 0 atom stereocenters. The smallest absolute Gasteiger partial charge is 0.0651 e. The minimum Gasteiger partial charge on any atom is -0.310 e. The first-order valence-corrected chi connectivity index (χ1v) is 32.8. The lowest BCUT2D eigenvalue weighted by molar-refractivity contribution is 1.18. The summed E-state index contributed by atoms with van der Waals surface area (Å²) in [6.45, 7) is 0. The lowest BCUT2D eigenvalue weighted by Crippen LogP contribution is -2.10. The molecule has 100 heavy (non-hydrogen) atoms. The van der Waals surface area contributed by atoms with E-state index < -0.39 is 89.3 Å². The summed E-state index contributed by atoms with van der Waals surface area (Å²) >= 11 is 0. The van der Waals surface area contributed by atoms with Gasteiger partial charge in [0.15, 0.2) is 0 Å². The third kappa shape index (κ3) is 12.0. The number of hydrogen-bond donors (Lipinski definition) is 0. The van der Waals surface area contributed by atoms with Crippen LogP contribution in [0, 0.1) is 0 Å². The summed E-state index contributed by atoms with van der Waals surface area (Å²) in [5.74, 6) is 0. The summed E-state index contributed by atoms with van der Waals surface area (Å²) in [5, 5.41) is 3.75. The number of hydrogen-bond acceptors (Lipinski definition) is 2. The Kier molecular flexibility index (Phi) is 12.0. The third-order valence-corrected chi connectivity index (χ3v) is 17.9. The SMILES string of the molecule is [2H]c1c([2H])c(-c2ccc3c(c2)c2ccccc2n3-c2ccccc2)c([2H])c(N(c2ccc(-c3ccccc3)cc2)c2ccc(-c3ccccc3)cc2)c1[2H].[2H]c1c([2H])c([2H])c(-c2c([2H])c([2H])c(N(c3ccc(-c4ccccc4)cc3)c3c([2H])c([2H])c([2H])c(-c4ccc5c(c4)c4ccccc4n5-c4ccccc4)c3[2H])c([2H])c2[2H])c([2H])c1[2H]. The second kappa shape index (κ2) is 27.1. The Labute approximate surface area is 607 Å². The van der Waals surface area contributed by atoms with Gasteiger partial charge in [-0.15, -0.1) is 0 Å². The highest BCUT2D eigenvalue weighted by Gasteiger charge is 2.20. The molecular formula is C96H68N4. The topological polar surface area (TPSA) is 16.3 Å². The number of para-hydroxylation sites is 4. The van der Waals surface area contributed by atoms with E-state index in [1.165, 1.54) is 4.90 Å². The van der Waals surface area contributed by atoms with Gasteiger partial charge in [-0.3, -0.25) is 0 Å². The number of anilines is 6. The van der Waals surface area contributed by atoms with Crippen LogP contribution >= 0.6 is 0 Å². The molecule has 0 saturated heterocycles. The molecule has 0 spiro atoms. The molecule has 0 aliphatic rings. The van der Waals surface area contributed by atoms with Gasteiger partial charge in [0.2, 0.25) is 0 Å². The Morgan fingerprint density at radius 3 is 0.900 bits per heavy atom. The lowest BCUT2D eigenvalue weighted by atomic mass is 10.0. The van der Waals surface area contributed by atoms with E-state index in [4.69, 9.17) is 11.0 Å². The van der Waals surface area contributed by atoms with Gasteiger partial charge >= 0.3 is 0 Å². The Hall–Kier alpha value is -13.3. The Morgan fingerprint density at radius 2 is 0.500 bits per heavy atom. The van der Waals surface area contributed by atoms with Crippen molar-refractivity contribution in [2.24, 2.45) is 0 Å². The van der Waals surface area contributed by atoms with Crippen LogP contribution in [-0.4, -0.2) is 9.13 Å². The average Bonchev–Trinajstić information content (AvgIpc) is 1.51. The molecule has 18 rings (SSSR count). The van der Waals surface area contributed by atoms with E-state index in [-0.39, 0.29) is 52.8 Å². The first-order valence-electron chi connectivity index (χ1n) is 41.3. The van der Waals surface area contributed by atoms with E-state index in [0.717, 1.165) is 99.7 Å². The minimum atomic E-state index is -0.725. The van der Waals surface area contributed by atoms with E-state index >= 15 is 0 Å². The lowest BCUT2D eigenvalue weighted by Gasteiger charge is -2.26. The Balaban J connectivity index is 0.000000170. The molecule has 2 heterocycles. The zero-order valence-corrected chi connectivity index (χ0v) is 53.7. The Bertz CT molecular complexity index is 6790. The van der Waals surface area contributed by atoms with Crippen molar-refractivity contribution >= 4 is 77.7 Å². The molecule has 0 unspecified atom stereocenters. The van der Waals surface area contributed by atoms with Crippen molar-refractivity contribution in [3.8, 4) is 78.1 Å². The van der Waals surface area contributed by atoms with E-state index in [9.17, 15) is 12.3 Å². The van der Waals surface area contributed by atoms with Gasteiger partial charge in [-0.2, -0.15) is 0 Å². The van der Waals surface area contributed by atoms with Crippen molar-refractivity contribution in [1.29, 1.82) is 0 Å². The minimum absolute atomic E-state index is 0.00125. The zero-order chi connectivity index (χ0) is 81.4. The summed E-state index contributed by atoms with van der Waals surface area (Å²) in [7, 11) is 0. The fourth-order valence-corrected chi connectivity index (χ4v) is 13.1. The quantitative estimate of drug-likeness (QED) is 0.108. The van der Waals surface area contributed by atoms with Gasteiger partial charge < -0.3 is 18.9 Å². The fourth-order valence-electron chi connectivity index (χ4n) is 13.1. The van der Waals surface area contributed by atoms with Crippen LogP contribution in [0.15, 0.2) is 412 Å². The van der Waals surface area contributed by atoms with Crippen LogP contribution in [0.4, 0.5) is 34.1 Å². The number of benzene rings is 16. The van der Waals surface area contributed by atoms with Gasteiger partial charge in [-0.1, -0.05) is 279 Å². The summed E-state index contributed by atoms with van der Waals surface area (Å²) in [5.41, 5.74) is 13.3. The van der Waals surface area contributed by atoms with E-state index in [1.54, 1.807) is 30.3 Å². The molecule has 18 aromatic rings. The number of aromatic nitrogens is 2. The van der Waals surface area contributed by atoms with Crippen molar-refractivity contribution in [3.05, 3.63) is 412 Å². The number of fused-ring (bicyclic) bond motifs is 6. The van der Waals surface area contributed by atoms with E-state index in [0.29, 0.717) is 16.7 Å². The highest BCUT2D eigenvalue weighted by Crippen LogP contribution is 2.43. The van der Waals surface area contributed by atoms with Gasteiger partial charge in [-0.05, 0) is 200 Å². The molecule has 4 nitrogen and oxygen atoms in total. The van der Waals surface area contributed by atoms with Crippen molar-refractivity contribution in [3.63, 3.8) is 0 Å². The van der Waals surface area contributed by atoms with E-state index in [1.807, 2.05) is 235 Å². The molecule has 2 aromatic heterocycles. The highest BCUT2D eigenvalue weighted by molar-refractivity contribution is 6.12. The number of rotatable bonds is 14. The molecule has 0 saturated carbocycles.